The molecule has 2 amide bonds. The highest BCUT2D eigenvalue weighted by molar-refractivity contribution is 5.87. The Morgan fingerprint density at radius 3 is 2.15 bits per heavy atom. The molecule has 118 valence electrons. The van der Waals surface area contributed by atoms with Crippen molar-refractivity contribution in [2.45, 2.75) is 52.6 Å². The summed E-state index contributed by atoms with van der Waals surface area (Å²) in [4.78, 5) is 25.4. The van der Waals surface area contributed by atoms with Crippen LogP contribution in [-0.2, 0) is 9.59 Å². The van der Waals surface area contributed by atoms with Crippen LogP contribution >= 0.6 is 0 Å². The summed E-state index contributed by atoms with van der Waals surface area (Å²) in [6, 6.07) is -0.618. The Bertz CT molecular complexity index is 309. The highest BCUT2D eigenvalue weighted by Crippen LogP contribution is 2.01. The quantitative estimate of drug-likeness (QED) is 0.560. The second-order valence-electron chi connectivity index (χ2n) is 5.94. The Balaban J connectivity index is 4.24. The van der Waals surface area contributed by atoms with E-state index in [-0.39, 0.29) is 17.9 Å². The Morgan fingerprint density at radius 2 is 1.75 bits per heavy atom. The number of carbonyl (C=O) groups is 2. The third-order valence-electron chi connectivity index (χ3n) is 2.96. The molecular weight excluding hydrogens is 256 g/mol. The van der Waals surface area contributed by atoms with Crippen LogP contribution in [-0.4, -0.2) is 54.5 Å². The van der Waals surface area contributed by atoms with E-state index in [1.54, 1.807) is 0 Å². The van der Waals surface area contributed by atoms with E-state index in [9.17, 15) is 9.59 Å². The molecular formula is C14H30N4O2. The lowest BCUT2D eigenvalue weighted by molar-refractivity contribution is -0.127. The summed E-state index contributed by atoms with van der Waals surface area (Å²) in [6.07, 6.45) is 0.0743. The molecule has 6 nitrogen and oxygen atoms in total. The minimum Gasteiger partial charge on any atom is -0.368 e. The first-order valence-corrected chi connectivity index (χ1v) is 7.25. The molecule has 0 aliphatic carbocycles. The molecule has 0 aliphatic rings. The van der Waals surface area contributed by atoms with E-state index >= 15 is 0 Å². The van der Waals surface area contributed by atoms with Crippen molar-refractivity contribution >= 4 is 11.8 Å². The van der Waals surface area contributed by atoms with Gasteiger partial charge >= 0.3 is 0 Å². The van der Waals surface area contributed by atoms with Crippen molar-refractivity contribution in [3.63, 3.8) is 0 Å². The van der Waals surface area contributed by atoms with Crippen LogP contribution in [0.15, 0.2) is 0 Å². The third kappa shape index (κ3) is 8.87. The third-order valence-corrected chi connectivity index (χ3v) is 2.96. The van der Waals surface area contributed by atoms with Gasteiger partial charge in [0.25, 0.3) is 0 Å². The number of carbonyl (C=O) groups excluding carboxylic acids is 2. The van der Waals surface area contributed by atoms with Crippen molar-refractivity contribution in [2.75, 3.05) is 26.2 Å². The van der Waals surface area contributed by atoms with Gasteiger partial charge in [0.15, 0.2) is 0 Å². The van der Waals surface area contributed by atoms with E-state index in [2.05, 4.69) is 29.4 Å². The van der Waals surface area contributed by atoms with Crippen molar-refractivity contribution in [1.82, 2.24) is 15.5 Å². The van der Waals surface area contributed by atoms with Gasteiger partial charge in [0, 0.05) is 18.6 Å². The van der Waals surface area contributed by atoms with Gasteiger partial charge in [-0.1, -0.05) is 13.8 Å². The fourth-order valence-corrected chi connectivity index (χ4v) is 1.86. The standard InChI is InChI=1S/C14H30N4O2/c1-6-18(7-2)9-8-16-11(13(15)20)10-12(19)17-14(3,4)5/h11,16H,6-10H2,1-5H3,(H2,15,20)(H,17,19). The average molecular weight is 286 g/mol. The van der Waals surface area contributed by atoms with Gasteiger partial charge in [-0.25, -0.2) is 0 Å². The summed E-state index contributed by atoms with van der Waals surface area (Å²) in [5.41, 5.74) is 5.03. The van der Waals surface area contributed by atoms with Crippen molar-refractivity contribution in [3.8, 4) is 0 Å². The first-order valence-electron chi connectivity index (χ1n) is 7.25. The van der Waals surface area contributed by atoms with Crippen LogP contribution in [0.25, 0.3) is 0 Å². The molecule has 0 fully saturated rings. The molecule has 0 rings (SSSR count). The van der Waals surface area contributed by atoms with Crippen molar-refractivity contribution < 1.29 is 9.59 Å². The number of primary amides is 1. The number of nitrogens with two attached hydrogens (primary N) is 1. The summed E-state index contributed by atoms with van der Waals surface area (Å²) < 4.78 is 0. The van der Waals surface area contributed by atoms with Crippen molar-refractivity contribution in [1.29, 1.82) is 0 Å². The van der Waals surface area contributed by atoms with E-state index < -0.39 is 11.9 Å². The Kier molecular flexibility index (Phi) is 8.41. The zero-order valence-electron chi connectivity index (χ0n) is 13.5. The molecule has 0 spiro atoms. The Hall–Kier alpha value is -1.14. The lowest BCUT2D eigenvalue weighted by Crippen LogP contribution is -2.49. The van der Waals surface area contributed by atoms with Crippen LogP contribution in [0.5, 0.6) is 0 Å². The van der Waals surface area contributed by atoms with Crippen LogP contribution in [0.3, 0.4) is 0 Å². The van der Waals surface area contributed by atoms with Gasteiger partial charge in [-0.2, -0.15) is 0 Å². The fourth-order valence-electron chi connectivity index (χ4n) is 1.86. The lowest BCUT2D eigenvalue weighted by atomic mass is 10.1. The van der Waals surface area contributed by atoms with Gasteiger partial charge < -0.3 is 21.3 Å². The van der Waals surface area contributed by atoms with E-state index in [1.807, 2.05) is 20.8 Å². The minimum absolute atomic E-state index is 0.0743. The number of nitrogens with zero attached hydrogens (tertiary/aromatic N) is 1. The number of likely N-dealkylation sites (N-methyl/N-ethyl adjacent to an activating group) is 1. The monoisotopic (exact) mass is 286 g/mol. The van der Waals surface area contributed by atoms with Crippen LogP contribution < -0.4 is 16.4 Å². The molecule has 0 aromatic rings. The lowest BCUT2D eigenvalue weighted by Gasteiger charge is -2.23. The zero-order chi connectivity index (χ0) is 15.8. The highest BCUT2D eigenvalue weighted by atomic mass is 16.2. The smallest absolute Gasteiger partial charge is 0.235 e. The first kappa shape index (κ1) is 18.9. The topological polar surface area (TPSA) is 87.5 Å². The summed E-state index contributed by atoms with van der Waals surface area (Å²) in [7, 11) is 0. The number of nitrogens with one attached hydrogen (secondary N) is 2. The summed E-state index contributed by atoms with van der Waals surface area (Å²) >= 11 is 0. The van der Waals surface area contributed by atoms with Gasteiger partial charge in [-0.15, -0.1) is 0 Å². The summed E-state index contributed by atoms with van der Waals surface area (Å²) in [6.45, 7) is 13.3. The van der Waals surface area contributed by atoms with E-state index in [0.29, 0.717) is 6.54 Å². The molecule has 6 heteroatoms. The SMILES string of the molecule is CCN(CC)CCNC(CC(=O)NC(C)(C)C)C(N)=O. The molecule has 0 saturated heterocycles. The Labute approximate surface area is 122 Å². The zero-order valence-corrected chi connectivity index (χ0v) is 13.5. The number of hydrogen-bond donors (Lipinski definition) is 3. The van der Waals surface area contributed by atoms with Crippen molar-refractivity contribution in [3.05, 3.63) is 0 Å². The molecule has 0 bridgehead atoms. The largest absolute Gasteiger partial charge is 0.368 e. The number of rotatable bonds is 9. The first-order chi connectivity index (χ1) is 9.19. The van der Waals surface area contributed by atoms with Gasteiger partial charge in [-0.05, 0) is 33.9 Å². The molecule has 0 aromatic carbocycles. The van der Waals surface area contributed by atoms with Crippen LogP contribution in [0.1, 0.15) is 41.0 Å². The number of amides is 2. The highest BCUT2D eigenvalue weighted by Gasteiger charge is 2.21. The predicted octanol–water partition coefficient (Wildman–Crippen LogP) is 0.0765. The molecule has 0 radical (unpaired) electrons. The fraction of sp³-hybridized carbons (Fsp3) is 0.857. The molecule has 1 unspecified atom stereocenters. The maximum absolute atomic E-state index is 11.8. The van der Waals surface area contributed by atoms with Crippen LogP contribution in [0.4, 0.5) is 0 Å². The predicted molar refractivity (Wildman–Crippen MR) is 81.3 cm³/mol. The van der Waals surface area contributed by atoms with Gasteiger partial charge in [0.1, 0.15) is 0 Å². The molecule has 20 heavy (non-hydrogen) atoms. The van der Waals surface area contributed by atoms with E-state index in [1.165, 1.54) is 0 Å². The van der Waals surface area contributed by atoms with Crippen LogP contribution in [0.2, 0.25) is 0 Å². The molecule has 0 aromatic heterocycles. The van der Waals surface area contributed by atoms with Crippen molar-refractivity contribution in [2.24, 2.45) is 5.73 Å². The molecule has 4 N–H and O–H groups in total. The average Bonchev–Trinajstić information content (AvgIpc) is 2.30. The second kappa shape index (κ2) is 8.92. The number of hydrogen-bond acceptors (Lipinski definition) is 4. The Morgan fingerprint density at radius 1 is 1.20 bits per heavy atom. The molecule has 0 heterocycles. The summed E-state index contributed by atoms with van der Waals surface area (Å²) in [5.74, 6) is -0.662. The van der Waals surface area contributed by atoms with E-state index in [0.717, 1.165) is 19.6 Å². The van der Waals surface area contributed by atoms with Gasteiger partial charge in [0.2, 0.25) is 11.8 Å². The van der Waals surface area contributed by atoms with E-state index in [4.69, 9.17) is 5.73 Å². The molecule has 0 saturated carbocycles. The van der Waals surface area contributed by atoms with Crippen LogP contribution in [0, 0.1) is 0 Å². The summed E-state index contributed by atoms with van der Waals surface area (Å²) in [5, 5.41) is 5.89. The second-order valence-corrected chi connectivity index (χ2v) is 5.94. The normalized spacial score (nSPS) is 13.3. The van der Waals surface area contributed by atoms with Gasteiger partial charge in [-0.3, -0.25) is 9.59 Å². The maximum Gasteiger partial charge on any atom is 0.235 e. The molecule has 0 aliphatic heterocycles. The molecule has 1 atom stereocenters. The van der Waals surface area contributed by atoms with Gasteiger partial charge in [0.05, 0.1) is 12.5 Å². The maximum atomic E-state index is 11.8. The minimum atomic E-state index is -0.618.